The number of ketones is 1. The number of hydrogen-bond donors (Lipinski definition) is 1. The van der Waals surface area contributed by atoms with Crippen LogP contribution >= 0.6 is 0 Å². The van der Waals surface area contributed by atoms with Crippen LogP contribution in [0.15, 0.2) is 30.3 Å². The van der Waals surface area contributed by atoms with E-state index in [-0.39, 0.29) is 6.61 Å². The van der Waals surface area contributed by atoms with E-state index in [4.69, 9.17) is 10.5 Å². The van der Waals surface area contributed by atoms with E-state index >= 15 is 0 Å². The van der Waals surface area contributed by atoms with E-state index in [1.807, 2.05) is 30.3 Å². The van der Waals surface area contributed by atoms with Gasteiger partial charge in [-0.15, -0.1) is 0 Å². The molecule has 1 aromatic rings. The van der Waals surface area contributed by atoms with Crippen molar-refractivity contribution in [3.8, 4) is 0 Å². The fourth-order valence-electron chi connectivity index (χ4n) is 2.83. The van der Waals surface area contributed by atoms with Crippen molar-refractivity contribution >= 4 is 11.8 Å². The van der Waals surface area contributed by atoms with Gasteiger partial charge in [0.25, 0.3) is 5.78 Å². The van der Waals surface area contributed by atoms with Gasteiger partial charge in [0.15, 0.2) is 0 Å². The topological polar surface area (TPSA) is 69.4 Å². The number of ether oxygens (including phenoxy) is 1. The highest BCUT2D eigenvalue weighted by molar-refractivity contribution is 6.35. The van der Waals surface area contributed by atoms with Crippen molar-refractivity contribution in [1.82, 2.24) is 0 Å². The average molecular weight is 289 g/mol. The van der Waals surface area contributed by atoms with Gasteiger partial charge in [0.05, 0.1) is 6.04 Å². The maximum absolute atomic E-state index is 11.9. The number of Topliss-reactive ketones (excluding diaryl/α,β-unsaturated/α-hetero) is 1. The van der Waals surface area contributed by atoms with Crippen molar-refractivity contribution in [3.63, 3.8) is 0 Å². The SMILES string of the molecule is N[C@@H](CC1CCCCC1)C(=O)C(=O)OCc1ccccc1. The van der Waals surface area contributed by atoms with Gasteiger partial charge < -0.3 is 10.5 Å². The monoisotopic (exact) mass is 289 g/mol. The maximum Gasteiger partial charge on any atom is 0.376 e. The summed E-state index contributed by atoms with van der Waals surface area (Å²) in [4.78, 5) is 23.7. The van der Waals surface area contributed by atoms with Crippen molar-refractivity contribution < 1.29 is 14.3 Å². The van der Waals surface area contributed by atoms with Crippen LogP contribution in [0.1, 0.15) is 44.1 Å². The Kier molecular flexibility index (Phi) is 5.93. The summed E-state index contributed by atoms with van der Waals surface area (Å²) in [5.74, 6) is -0.946. The molecule has 4 heteroatoms. The van der Waals surface area contributed by atoms with Crippen molar-refractivity contribution in [2.45, 2.75) is 51.2 Å². The van der Waals surface area contributed by atoms with E-state index in [2.05, 4.69) is 0 Å². The molecule has 114 valence electrons. The second kappa shape index (κ2) is 7.93. The molecule has 0 spiro atoms. The van der Waals surface area contributed by atoms with Gasteiger partial charge in [0, 0.05) is 0 Å². The van der Waals surface area contributed by atoms with Crippen LogP contribution in [0.5, 0.6) is 0 Å². The van der Waals surface area contributed by atoms with E-state index in [9.17, 15) is 9.59 Å². The Morgan fingerprint density at radius 1 is 1.14 bits per heavy atom. The molecular weight excluding hydrogens is 266 g/mol. The highest BCUT2D eigenvalue weighted by Crippen LogP contribution is 2.27. The number of rotatable bonds is 6. The van der Waals surface area contributed by atoms with Gasteiger partial charge in [-0.25, -0.2) is 4.79 Å². The highest BCUT2D eigenvalue weighted by Gasteiger charge is 2.26. The largest absolute Gasteiger partial charge is 0.455 e. The molecule has 0 amide bonds. The van der Waals surface area contributed by atoms with E-state index < -0.39 is 17.8 Å². The number of hydrogen-bond acceptors (Lipinski definition) is 4. The maximum atomic E-state index is 11.9. The minimum absolute atomic E-state index is 0.113. The number of esters is 1. The number of nitrogens with two attached hydrogens (primary N) is 1. The molecule has 0 bridgehead atoms. The summed E-state index contributed by atoms with van der Waals surface area (Å²) >= 11 is 0. The fourth-order valence-corrected chi connectivity index (χ4v) is 2.83. The van der Waals surface area contributed by atoms with Gasteiger partial charge in [-0.1, -0.05) is 62.4 Å². The summed E-state index contributed by atoms with van der Waals surface area (Å²) < 4.78 is 5.03. The Morgan fingerprint density at radius 3 is 2.48 bits per heavy atom. The second-order valence-corrected chi connectivity index (χ2v) is 5.77. The van der Waals surface area contributed by atoms with Gasteiger partial charge >= 0.3 is 5.97 Å². The highest BCUT2D eigenvalue weighted by atomic mass is 16.5. The molecule has 2 rings (SSSR count). The fraction of sp³-hybridized carbons (Fsp3) is 0.529. The third-order valence-electron chi connectivity index (χ3n) is 4.06. The van der Waals surface area contributed by atoms with Crippen LogP contribution in [0.25, 0.3) is 0 Å². The van der Waals surface area contributed by atoms with Gasteiger partial charge in [0.1, 0.15) is 6.61 Å². The van der Waals surface area contributed by atoms with Crippen LogP contribution in [-0.2, 0) is 20.9 Å². The molecule has 0 aliphatic heterocycles. The Bertz CT molecular complexity index is 466. The van der Waals surface area contributed by atoms with Crippen LogP contribution in [0.2, 0.25) is 0 Å². The minimum atomic E-state index is -0.817. The Labute approximate surface area is 125 Å². The van der Waals surface area contributed by atoms with Crippen LogP contribution in [-0.4, -0.2) is 17.8 Å². The molecular formula is C17H23NO3. The van der Waals surface area contributed by atoms with Gasteiger partial charge in [-0.3, -0.25) is 4.79 Å². The smallest absolute Gasteiger partial charge is 0.376 e. The first-order chi connectivity index (χ1) is 10.2. The standard InChI is InChI=1S/C17H23NO3/c18-15(11-13-7-3-1-4-8-13)16(19)17(20)21-12-14-9-5-2-6-10-14/h2,5-6,9-10,13,15H,1,3-4,7-8,11-12,18H2/t15-/m0/s1. The zero-order valence-corrected chi connectivity index (χ0v) is 12.3. The summed E-state index contributed by atoms with van der Waals surface area (Å²) in [5.41, 5.74) is 6.73. The Morgan fingerprint density at radius 2 is 1.81 bits per heavy atom. The zero-order valence-electron chi connectivity index (χ0n) is 12.3. The summed E-state index contributed by atoms with van der Waals surface area (Å²) in [6.45, 7) is 0.113. The summed E-state index contributed by atoms with van der Waals surface area (Å²) in [5, 5.41) is 0. The first-order valence-electron chi connectivity index (χ1n) is 7.67. The lowest BCUT2D eigenvalue weighted by molar-refractivity contribution is -0.155. The van der Waals surface area contributed by atoms with Crippen molar-refractivity contribution in [3.05, 3.63) is 35.9 Å². The summed E-state index contributed by atoms with van der Waals surface area (Å²) in [7, 11) is 0. The van der Waals surface area contributed by atoms with Gasteiger partial charge in [0.2, 0.25) is 0 Å². The predicted molar refractivity (Wildman–Crippen MR) is 80.4 cm³/mol. The lowest BCUT2D eigenvalue weighted by atomic mass is 9.84. The molecule has 0 unspecified atom stereocenters. The van der Waals surface area contributed by atoms with Crippen molar-refractivity contribution in [2.75, 3.05) is 0 Å². The van der Waals surface area contributed by atoms with Crippen LogP contribution in [0.3, 0.4) is 0 Å². The van der Waals surface area contributed by atoms with Crippen molar-refractivity contribution in [2.24, 2.45) is 11.7 Å². The normalized spacial score (nSPS) is 17.2. The molecule has 1 fully saturated rings. The van der Waals surface area contributed by atoms with E-state index in [1.54, 1.807) is 0 Å². The third kappa shape index (κ3) is 4.97. The van der Waals surface area contributed by atoms with Gasteiger partial charge in [-0.2, -0.15) is 0 Å². The molecule has 2 N–H and O–H groups in total. The molecule has 21 heavy (non-hydrogen) atoms. The van der Waals surface area contributed by atoms with Gasteiger partial charge in [-0.05, 0) is 17.9 Å². The third-order valence-corrected chi connectivity index (χ3v) is 4.06. The number of carbonyl (C=O) groups is 2. The summed E-state index contributed by atoms with van der Waals surface area (Å²) in [6, 6.07) is 8.58. The first kappa shape index (κ1) is 15.7. The summed E-state index contributed by atoms with van der Waals surface area (Å²) in [6.07, 6.45) is 6.48. The van der Waals surface area contributed by atoms with E-state index in [1.165, 1.54) is 19.3 Å². The molecule has 0 heterocycles. The molecule has 1 aliphatic carbocycles. The predicted octanol–water partition coefficient (Wildman–Crippen LogP) is 2.60. The molecule has 4 nitrogen and oxygen atoms in total. The van der Waals surface area contributed by atoms with E-state index in [0.717, 1.165) is 18.4 Å². The second-order valence-electron chi connectivity index (χ2n) is 5.77. The molecule has 1 saturated carbocycles. The van der Waals surface area contributed by atoms with E-state index in [0.29, 0.717) is 12.3 Å². The Balaban J connectivity index is 1.76. The Hall–Kier alpha value is -1.68. The molecule has 1 aromatic carbocycles. The minimum Gasteiger partial charge on any atom is -0.455 e. The van der Waals surface area contributed by atoms with Crippen LogP contribution in [0, 0.1) is 5.92 Å². The average Bonchev–Trinajstić information content (AvgIpc) is 2.53. The quantitative estimate of drug-likeness (QED) is 0.645. The van der Waals surface area contributed by atoms with Crippen LogP contribution < -0.4 is 5.73 Å². The molecule has 0 saturated heterocycles. The molecule has 1 aliphatic rings. The lowest BCUT2D eigenvalue weighted by Crippen LogP contribution is -2.38. The number of benzene rings is 1. The first-order valence-corrected chi connectivity index (χ1v) is 7.67. The molecule has 0 aromatic heterocycles. The lowest BCUT2D eigenvalue weighted by Gasteiger charge is -2.23. The molecule has 0 radical (unpaired) electrons. The molecule has 1 atom stereocenters. The zero-order chi connectivity index (χ0) is 15.1. The number of carbonyl (C=O) groups excluding carboxylic acids is 2. The van der Waals surface area contributed by atoms with Crippen molar-refractivity contribution in [1.29, 1.82) is 0 Å². The van der Waals surface area contributed by atoms with Crippen LogP contribution in [0.4, 0.5) is 0 Å².